The second kappa shape index (κ2) is 6.78. The van der Waals surface area contributed by atoms with Gasteiger partial charge in [0.25, 0.3) is 0 Å². The van der Waals surface area contributed by atoms with Crippen molar-refractivity contribution in [2.75, 3.05) is 13.1 Å². The van der Waals surface area contributed by atoms with Crippen molar-refractivity contribution < 1.29 is 0 Å². The van der Waals surface area contributed by atoms with Crippen LogP contribution in [-0.4, -0.2) is 23.5 Å². The average Bonchev–Trinajstić information content (AvgIpc) is 2.14. The monoisotopic (exact) mass is 241 g/mol. The summed E-state index contributed by atoms with van der Waals surface area (Å²) in [5.41, 5.74) is 0.284. The lowest BCUT2D eigenvalue weighted by atomic mass is 9.91. The Bertz CT molecular complexity index is 184. The minimum Gasteiger partial charge on any atom is -0.298 e. The molecule has 0 aromatic heterocycles. The van der Waals surface area contributed by atoms with E-state index in [4.69, 9.17) is 0 Å². The highest BCUT2D eigenvalue weighted by Gasteiger charge is 2.26. The molecule has 0 aromatic carbocycles. The van der Waals surface area contributed by atoms with Crippen LogP contribution in [0.5, 0.6) is 0 Å². The van der Waals surface area contributed by atoms with Gasteiger partial charge in [-0.25, -0.2) is 0 Å². The van der Waals surface area contributed by atoms with Crippen molar-refractivity contribution in [3.8, 4) is 0 Å². The van der Waals surface area contributed by atoms with Gasteiger partial charge in [0.15, 0.2) is 0 Å². The van der Waals surface area contributed by atoms with E-state index in [2.05, 4.69) is 67.2 Å². The van der Waals surface area contributed by atoms with Crippen LogP contribution in [0.2, 0.25) is 0 Å². The van der Waals surface area contributed by atoms with E-state index in [1.54, 1.807) is 0 Å². The Kier molecular flexibility index (Phi) is 6.76. The van der Waals surface area contributed by atoms with Gasteiger partial charge in [-0.3, -0.25) is 4.90 Å². The van der Waals surface area contributed by atoms with Crippen LogP contribution in [0.3, 0.4) is 0 Å². The van der Waals surface area contributed by atoms with Gasteiger partial charge in [0.2, 0.25) is 0 Å². The first-order valence-corrected chi connectivity index (χ1v) is 7.30. The summed E-state index contributed by atoms with van der Waals surface area (Å²) in [6, 6.07) is 0. The summed E-state index contributed by atoms with van der Waals surface area (Å²) in [4.78, 5) is 2.67. The van der Waals surface area contributed by atoms with Gasteiger partial charge < -0.3 is 0 Å². The number of nitrogens with zero attached hydrogens (tertiary/aromatic N) is 1. The maximum atomic E-state index is 2.67. The molecule has 0 amide bonds. The van der Waals surface area contributed by atoms with E-state index in [1.165, 1.54) is 13.1 Å². The zero-order chi connectivity index (χ0) is 13.8. The van der Waals surface area contributed by atoms with Crippen molar-refractivity contribution in [3.63, 3.8) is 0 Å². The largest absolute Gasteiger partial charge is 0.298 e. The van der Waals surface area contributed by atoms with Gasteiger partial charge >= 0.3 is 0 Å². The SMILES string of the molecule is CC(C)C(C)CN(CC(C)C(C)C)C(C)(C)C. The van der Waals surface area contributed by atoms with Gasteiger partial charge in [0.1, 0.15) is 0 Å². The van der Waals surface area contributed by atoms with Crippen LogP contribution in [0.4, 0.5) is 0 Å². The fraction of sp³-hybridized carbons (Fsp3) is 1.00. The molecule has 0 fully saturated rings. The Morgan fingerprint density at radius 2 is 1.00 bits per heavy atom. The highest BCUT2D eigenvalue weighted by atomic mass is 15.2. The Morgan fingerprint density at radius 1 is 0.706 bits per heavy atom. The van der Waals surface area contributed by atoms with Crippen LogP contribution < -0.4 is 0 Å². The summed E-state index contributed by atoms with van der Waals surface area (Å²) in [6.45, 7) is 23.5. The van der Waals surface area contributed by atoms with E-state index in [-0.39, 0.29) is 5.54 Å². The third-order valence-corrected chi connectivity index (χ3v) is 4.24. The first-order valence-electron chi connectivity index (χ1n) is 7.30. The third-order valence-electron chi connectivity index (χ3n) is 4.24. The maximum Gasteiger partial charge on any atom is 0.0125 e. The van der Waals surface area contributed by atoms with Crippen molar-refractivity contribution in [2.24, 2.45) is 23.7 Å². The maximum absolute atomic E-state index is 2.67. The molecule has 2 atom stereocenters. The molecule has 0 bridgehead atoms. The molecule has 17 heavy (non-hydrogen) atoms. The summed E-state index contributed by atoms with van der Waals surface area (Å²) in [5.74, 6) is 3.09. The van der Waals surface area contributed by atoms with Crippen LogP contribution in [0.1, 0.15) is 62.3 Å². The summed E-state index contributed by atoms with van der Waals surface area (Å²) in [7, 11) is 0. The summed E-state index contributed by atoms with van der Waals surface area (Å²) < 4.78 is 0. The van der Waals surface area contributed by atoms with E-state index >= 15 is 0 Å². The zero-order valence-corrected chi connectivity index (χ0v) is 13.7. The Balaban J connectivity index is 4.56. The molecule has 1 nitrogen and oxygen atoms in total. The first-order chi connectivity index (χ1) is 7.55. The predicted octanol–water partition coefficient (Wildman–Crippen LogP) is 4.67. The van der Waals surface area contributed by atoms with Gasteiger partial charge in [-0.1, -0.05) is 41.5 Å². The van der Waals surface area contributed by atoms with Crippen LogP contribution >= 0.6 is 0 Å². The van der Waals surface area contributed by atoms with Crippen LogP contribution in [0, 0.1) is 23.7 Å². The van der Waals surface area contributed by atoms with Crippen molar-refractivity contribution in [3.05, 3.63) is 0 Å². The predicted molar refractivity (Wildman–Crippen MR) is 79.3 cm³/mol. The van der Waals surface area contributed by atoms with Crippen LogP contribution in [-0.2, 0) is 0 Å². The van der Waals surface area contributed by atoms with Crippen molar-refractivity contribution in [1.29, 1.82) is 0 Å². The molecule has 0 aliphatic heterocycles. The van der Waals surface area contributed by atoms with Crippen molar-refractivity contribution in [1.82, 2.24) is 4.90 Å². The van der Waals surface area contributed by atoms with Gasteiger partial charge in [-0.2, -0.15) is 0 Å². The molecular formula is C16H35N. The molecule has 0 aliphatic rings. The van der Waals surface area contributed by atoms with Gasteiger partial charge in [0.05, 0.1) is 0 Å². The standard InChI is InChI=1S/C16H35N/c1-12(2)14(5)10-17(16(7,8)9)11-15(6)13(3)4/h12-15H,10-11H2,1-9H3. The Labute approximate surface area is 110 Å². The fourth-order valence-corrected chi connectivity index (χ4v) is 1.74. The van der Waals surface area contributed by atoms with E-state index in [0.29, 0.717) is 0 Å². The molecule has 0 radical (unpaired) electrons. The van der Waals surface area contributed by atoms with Crippen molar-refractivity contribution >= 4 is 0 Å². The lowest BCUT2D eigenvalue weighted by molar-refractivity contribution is 0.0799. The van der Waals surface area contributed by atoms with E-state index in [9.17, 15) is 0 Å². The summed E-state index contributed by atoms with van der Waals surface area (Å²) in [5, 5.41) is 0. The molecular weight excluding hydrogens is 206 g/mol. The average molecular weight is 241 g/mol. The number of rotatable bonds is 6. The molecule has 1 heteroatoms. The van der Waals surface area contributed by atoms with Gasteiger partial charge in [-0.05, 0) is 44.4 Å². The molecule has 2 unspecified atom stereocenters. The molecule has 0 saturated heterocycles. The molecule has 0 aromatic rings. The fourth-order valence-electron chi connectivity index (χ4n) is 1.74. The van der Waals surface area contributed by atoms with Crippen LogP contribution in [0.25, 0.3) is 0 Å². The van der Waals surface area contributed by atoms with E-state index < -0.39 is 0 Å². The molecule has 0 spiro atoms. The molecule has 0 saturated carbocycles. The van der Waals surface area contributed by atoms with Crippen molar-refractivity contribution in [2.45, 2.75) is 67.9 Å². The van der Waals surface area contributed by atoms with Gasteiger partial charge in [0, 0.05) is 18.6 Å². The normalized spacial score (nSPS) is 16.9. The molecule has 0 heterocycles. The molecule has 104 valence electrons. The number of hydrogen-bond donors (Lipinski definition) is 0. The summed E-state index contributed by atoms with van der Waals surface area (Å²) >= 11 is 0. The minimum absolute atomic E-state index is 0.284. The molecule has 0 rings (SSSR count). The topological polar surface area (TPSA) is 3.24 Å². The smallest absolute Gasteiger partial charge is 0.0125 e. The highest BCUT2D eigenvalue weighted by Crippen LogP contribution is 2.22. The Hall–Kier alpha value is -0.0400. The Morgan fingerprint density at radius 3 is 1.18 bits per heavy atom. The van der Waals surface area contributed by atoms with Gasteiger partial charge in [-0.15, -0.1) is 0 Å². The quantitative estimate of drug-likeness (QED) is 0.653. The second-order valence-corrected chi connectivity index (χ2v) is 7.52. The second-order valence-electron chi connectivity index (χ2n) is 7.52. The number of hydrogen-bond acceptors (Lipinski definition) is 1. The highest BCUT2D eigenvalue weighted by molar-refractivity contribution is 4.80. The third kappa shape index (κ3) is 6.45. The first kappa shape index (κ1) is 17.0. The van der Waals surface area contributed by atoms with E-state index in [1.807, 2.05) is 0 Å². The molecule has 0 N–H and O–H groups in total. The van der Waals surface area contributed by atoms with Crippen LogP contribution in [0.15, 0.2) is 0 Å². The zero-order valence-electron chi connectivity index (χ0n) is 13.7. The lowest BCUT2D eigenvalue weighted by Gasteiger charge is -2.40. The minimum atomic E-state index is 0.284. The summed E-state index contributed by atoms with van der Waals surface area (Å²) in [6.07, 6.45) is 0. The lowest BCUT2D eigenvalue weighted by Crippen LogP contribution is -2.47. The van der Waals surface area contributed by atoms with E-state index in [0.717, 1.165) is 23.7 Å². The molecule has 0 aliphatic carbocycles.